The van der Waals surface area contributed by atoms with Crippen LogP contribution in [-0.4, -0.2) is 58.2 Å². The van der Waals surface area contributed by atoms with E-state index in [1.165, 1.54) is 24.2 Å². The predicted octanol–water partition coefficient (Wildman–Crippen LogP) is 5.71. The van der Waals surface area contributed by atoms with Crippen molar-refractivity contribution in [3.05, 3.63) is 65.4 Å². The highest BCUT2D eigenvalue weighted by Gasteiger charge is 2.17. The number of methoxy groups -OCH3 is 1. The van der Waals surface area contributed by atoms with Crippen molar-refractivity contribution in [1.82, 2.24) is 14.3 Å². The molecule has 1 saturated heterocycles. The Morgan fingerprint density at radius 2 is 1.95 bits per heavy atom. The Morgan fingerprint density at radius 1 is 1.22 bits per heavy atom. The fraction of sp³-hybridized carbons (Fsp3) is 0.346. The molecule has 1 aliphatic heterocycles. The highest BCUT2D eigenvalue weighted by Crippen LogP contribution is 2.30. The molecule has 1 amide bonds. The number of ether oxygens (including phenoxy) is 3. The van der Waals surface area contributed by atoms with Crippen molar-refractivity contribution in [1.29, 1.82) is 0 Å². The maximum atomic E-state index is 13.0. The summed E-state index contributed by atoms with van der Waals surface area (Å²) in [6.45, 7) is 7.89. The molecule has 3 aromatic rings. The van der Waals surface area contributed by atoms with Gasteiger partial charge in [0.25, 0.3) is 5.91 Å². The number of hydrogen-bond acceptors (Lipinski definition) is 10. The van der Waals surface area contributed by atoms with Crippen LogP contribution in [-0.2, 0) is 11.2 Å². The molecule has 3 heterocycles. The second kappa shape index (κ2) is 12.9. The average Bonchev–Trinajstić information content (AvgIpc) is 3.52. The molecule has 0 saturated carbocycles. The number of aromatic nitrogens is 2. The highest BCUT2D eigenvalue weighted by molar-refractivity contribution is 7.97. The van der Waals surface area contributed by atoms with E-state index in [1.807, 2.05) is 31.2 Å². The standard InChI is InChI=1S/C26H30N4O5S2/c1-17(31)12-20-16-36-26(27-20)29-25(32)19-13-23(34-18(2)15-33-3)28-24(14-19)35-21-6-8-22(9-7-21)37-30-10-4-5-11-30/h6-9,13-14,16,18,31H,1,4-5,10-12,15H2,2-3H3,(H,27,29,32). The quantitative estimate of drug-likeness (QED) is 0.220. The van der Waals surface area contributed by atoms with Crippen LogP contribution in [0, 0.1) is 0 Å². The van der Waals surface area contributed by atoms with E-state index in [2.05, 4.69) is 26.2 Å². The molecule has 9 nitrogen and oxygen atoms in total. The smallest absolute Gasteiger partial charge is 0.257 e. The van der Waals surface area contributed by atoms with Gasteiger partial charge in [-0.25, -0.2) is 9.29 Å². The fourth-order valence-electron chi connectivity index (χ4n) is 3.64. The molecule has 1 atom stereocenters. The zero-order chi connectivity index (χ0) is 26.2. The van der Waals surface area contributed by atoms with Gasteiger partial charge in [-0.2, -0.15) is 4.98 Å². The molecule has 11 heteroatoms. The summed E-state index contributed by atoms with van der Waals surface area (Å²) in [4.78, 5) is 22.9. The molecule has 1 aliphatic rings. The highest BCUT2D eigenvalue weighted by atomic mass is 32.2. The Balaban J connectivity index is 1.50. The minimum atomic E-state index is -0.391. The van der Waals surface area contributed by atoms with Gasteiger partial charge < -0.3 is 19.3 Å². The van der Waals surface area contributed by atoms with E-state index in [-0.39, 0.29) is 30.0 Å². The SMILES string of the molecule is C=C(O)Cc1csc(NC(=O)c2cc(Oc3ccc(SN4CCCC4)cc3)nc(OC(C)COC)c2)n1. The zero-order valence-electron chi connectivity index (χ0n) is 20.8. The molecule has 2 aromatic heterocycles. The monoisotopic (exact) mass is 542 g/mol. The topological polar surface area (TPSA) is 106 Å². The molecule has 0 spiro atoms. The van der Waals surface area contributed by atoms with Crippen LogP contribution in [0.15, 0.2) is 59.0 Å². The van der Waals surface area contributed by atoms with Gasteiger partial charge in [0.15, 0.2) is 5.13 Å². The molecule has 196 valence electrons. The largest absolute Gasteiger partial charge is 0.513 e. The van der Waals surface area contributed by atoms with Gasteiger partial charge in [-0.3, -0.25) is 10.1 Å². The van der Waals surface area contributed by atoms with E-state index in [4.69, 9.17) is 14.2 Å². The van der Waals surface area contributed by atoms with Crippen molar-refractivity contribution in [3.8, 4) is 17.5 Å². The number of allylic oxidation sites excluding steroid dienone is 1. The molecule has 0 aliphatic carbocycles. The lowest BCUT2D eigenvalue weighted by atomic mass is 10.2. The number of anilines is 1. The predicted molar refractivity (Wildman–Crippen MR) is 145 cm³/mol. The zero-order valence-corrected chi connectivity index (χ0v) is 22.4. The number of hydrogen-bond donors (Lipinski definition) is 2. The third-order valence-corrected chi connectivity index (χ3v) is 7.18. The first kappa shape index (κ1) is 26.9. The first-order valence-electron chi connectivity index (χ1n) is 11.9. The van der Waals surface area contributed by atoms with Crippen LogP contribution in [0.25, 0.3) is 0 Å². The molecular weight excluding hydrogens is 512 g/mol. The fourth-order valence-corrected chi connectivity index (χ4v) is 5.34. The molecular formula is C26H30N4O5S2. The number of benzene rings is 1. The number of nitrogens with one attached hydrogen (secondary N) is 1. The van der Waals surface area contributed by atoms with E-state index in [0.29, 0.717) is 28.7 Å². The van der Waals surface area contributed by atoms with Crippen LogP contribution in [0.2, 0.25) is 0 Å². The van der Waals surface area contributed by atoms with Crippen molar-refractivity contribution in [2.24, 2.45) is 0 Å². The van der Waals surface area contributed by atoms with Gasteiger partial charge in [0.1, 0.15) is 11.9 Å². The number of amides is 1. The number of pyridine rings is 1. The van der Waals surface area contributed by atoms with Gasteiger partial charge in [0, 0.05) is 49.0 Å². The third-order valence-electron chi connectivity index (χ3n) is 5.27. The summed E-state index contributed by atoms with van der Waals surface area (Å²) in [6, 6.07) is 10.9. The van der Waals surface area contributed by atoms with Crippen LogP contribution in [0.1, 0.15) is 35.8 Å². The molecule has 37 heavy (non-hydrogen) atoms. The van der Waals surface area contributed by atoms with Gasteiger partial charge in [0.2, 0.25) is 11.8 Å². The number of carbonyl (C=O) groups excluding carboxylic acids is 1. The van der Waals surface area contributed by atoms with E-state index in [0.717, 1.165) is 18.0 Å². The first-order valence-corrected chi connectivity index (χ1v) is 13.5. The number of carbonyl (C=O) groups is 1. The minimum Gasteiger partial charge on any atom is -0.513 e. The van der Waals surface area contributed by atoms with E-state index >= 15 is 0 Å². The van der Waals surface area contributed by atoms with Crippen molar-refractivity contribution in [2.45, 2.75) is 37.2 Å². The van der Waals surface area contributed by atoms with Gasteiger partial charge in [-0.1, -0.05) is 6.58 Å². The summed E-state index contributed by atoms with van der Waals surface area (Å²) >= 11 is 3.01. The van der Waals surface area contributed by atoms with Gasteiger partial charge in [-0.05, 0) is 56.0 Å². The van der Waals surface area contributed by atoms with Gasteiger partial charge in [0.05, 0.1) is 23.6 Å². The van der Waals surface area contributed by atoms with Crippen LogP contribution in [0.3, 0.4) is 0 Å². The first-order chi connectivity index (χ1) is 17.9. The Hall–Kier alpha value is -3.12. The maximum Gasteiger partial charge on any atom is 0.257 e. The third kappa shape index (κ3) is 8.19. The molecule has 4 rings (SSSR count). The average molecular weight is 543 g/mol. The molecule has 1 unspecified atom stereocenters. The molecule has 2 N–H and O–H groups in total. The van der Waals surface area contributed by atoms with Crippen LogP contribution in [0.4, 0.5) is 5.13 Å². The lowest BCUT2D eigenvalue weighted by molar-refractivity contribution is 0.0882. The van der Waals surface area contributed by atoms with Crippen molar-refractivity contribution >= 4 is 34.3 Å². The molecule has 1 fully saturated rings. The number of aliphatic hydroxyl groups excluding tert-OH is 1. The van der Waals surface area contributed by atoms with Crippen LogP contribution >= 0.6 is 23.3 Å². The summed E-state index contributed by atoms with van der Waals surface area (Å²) in [5.41, 5.74) is 0.921. The normalized spacial score (nSPS) is 14.3. The lowest BCUT2D eigenvalue weighted by Crippen LogP contribution is -2.19. The number of thiazole rings is 1. The second-order valence-corrected chi connectivity index (χ2v) is 10.6. The summed E-state index contributed by atoms with van der Waals surface area (Å²) in [7, 11) is 1.59. The second-order valence-electron chi connectivity index (χ2n) is 8.56. The van der Waals surface area contributed by atoms with E-state index in [1.54, 1.807) is 36.6 Å². The number of nitrogens with zero attached hydrogens (tertiary/aromatic N) is 3. The summed E-state index contributed by atoms with van der Waals surface area (Å²) < 4.78 is 19.4. The Labute approximate surface area is 224 Å². The molecule has 1 aromatic carbocycles. The summed E-state index contributed by atoms with van der Waals surface area (Å²) in [5.74, 6) is 0.681. The number of aliphatic hydroxyl groups is 1. The van der Waals surface area contributed by atoms with Crippen molar-refractivity contribution < 1.29 is 24.1 Å². The molecule has 0 radical (unpaired) electrons. The van der Waals surface area contributed by atoms with Gasteiger partial charge in [-0.15, -0.1) is 11.3 Å². The van der Waals surface area contributed by atoms with Crippen molar-refractivity contribution in [2.75, 3.05) is 32.1 Å². The minimum absolute atomic E-state index is 0.00809. The lowest BCUT2D eigenvalue weighted by Gasteiger charge is -2.15. The maximum absolute atomic E-state index is 13.0. The Kier molecular flexibility index (Phi) is 9.40. The van der Waals surface area contributed by atoms with Crippen molar-refractivity contribution in [3.63, 3.8) is 0 Å². The van der Waals surface area contributed by atoms with E-state index < -0.39 is 5.91 Å². The van der Waals surface area contributed by atoms with E-state index in [9.17, 15) is 9.90 Å². The van der Waals surface area contributed by atoms with Gasteiger partial charge >= 0.3 is 0 Å². The summed E-state index contributed by atoms with van der Waals surface area (Å²) in [6.07, 6.45) is 2.42. The van der Waals surface area contributed by atoms with Crippen LogP contribution < -0.4 is 14.8 Å². The molecule has 0 bridgehead atoms. The summed E-state index contributed by atoms with van der Waals surface area (Å²) in [5, 5.41) is 14.3. The Bertz CT molecular complexity index is 1210. The number of rotatable bonds is 12. The van der Waals surface area contributed by atoms with Crippen LogP contribution in [0.5, 0.6) is 17.5 Å². The Morgan fingerprint density at radius 3 is 2.65 bits per heavy atom.